The van der Waals surface area contributed by atoms with Gasteiger partial charge in [0.2, 0.25) is 0 Å². The quantitative estimate of drug-likeness (QED) is 0.303. The molecule has 1 aromatic carbocycles. The number of hydrogen-bond donors (Lipinski definition) is 4. The molecule has 9 heteroatoms. The van der Waals surface area contributed by atoms with Crippen LogP contribution in [0.4, 0.5) is 5.69 Å². The van der Waals surface area contributed by atoms with Crippen molar-refractivity contribution in [3.05, 3.63) is 46.9 Å². The third-order valence-corrected chi connectivity index (χ3v) is 5.15. The smallest absolute Gasteiger partial charge is 0.257 e. The number of amides is 1. The van der Waals surface area contributed by atoms with Gasteiger partial charge in [0.15, 0.2) is 17.4 Å². The van der Waals surface area contributed by atoms with Crippen LogP contribution >= 0.6 is 12.8 Å². The van der Waals surface area contributed by atoms with E-state index in [1.165, 1.54) is 4.90 Å². The van der Waals surface area contributed by atoms with Gasteiger partial charge in [0.05, 0.1) is 5.56 Å². The minimum absolute atomic E-state index is 0.0174. The van der Waals surface area contributed by atoms with E-state index in [0.717, 1.165) is 5.76 Å². The number of nitrogens with one attached hydrogen (secondary N) is 1. The number of thiol groups is 1. The molecule has 0 aliphatic carbocycles. The maximum atomic E-state index is 12.8. The molecule has 0 saturated carbocycles. The van der Waals surface area contributed by atoms with Crippen molar-refractivity contribution in [2.24, 2.45) is 15.7 Å². The number of carbonyl (C=O) groups excluding carboxylic acids is 1. The third kappa shape index (κ3) is 5.64. The number of benzene rings is 1. The minimum atomic E-state index is -0.360. The fourth-order valence-corrected chi connectivity index (χ4v) is 3.39. The largest absolute Gasteiger partial charge is 0.505 e. The van der Waals surface area contributed by atoms with Crippen molar-refractivity contribution in [1.82, 2.24) is 9.62 Å². The Bertz CT molecular complexity index is 1030. The molecule has 0 aliphatic rings. The molecule has 0 saturated heterocycles. The Balaban J connectivity index is 2.55. The van der Waals surface area contributed by atoms with Crippen LogP contribution in [0.3, 0.4) is 0 Å². The van der Waals surface area contributed by atoms with E-state index in [1.807, 2.05) is 46.8 Å². The zero-order chi connectivity index (χ0) is 24.2. The first-order chi connectivity index (χ1) is 14.9. The van der Waals surface area contributed by atoms with E-state index in [0.29, 0.717) is 17.7 Å². The molecule has 32 heavy (non-hydrogen) atoms. The van der Waals surface area contributed by atoms with Gasteiger partial charge in [-0.3, -0.25) is 9.79 Å². The zero-order valence-electron chi connectivity index (χ0n) is 19.7. The summed E-state index contributed by atoms with van der Waals surface area (Å²) in [6.45, 7) is 9.77. The highest BCUT2D eigenvalue weighted by atomic mass is 32.1. The minimum Gasteiger partial charge on any atom is -0.505 e. The SMILES string of the molecule is CC[C@@H](N=C(NS)C(N)=Nc1ccc(C(C)(C)C)c(C(=O)N(C)C)c1O)c1ccc(C)o1. The first-order valence-electron chi connectivity index (χ1n) is 10.4. The molecule has 1 heterocycles. The number of carbonyl (C=O) groups is 1. The van der Waals surface area contributed by atoms with E-state index in [4.69, 9.17) is 10.2 Å². The number of aromatic hydroxyl groups is 1. The molecule has 4 N–H and O–H groups in total. The van der Waals surface area contributed by atoms with E-state index in [-0.39, 0.29) is 46.0 Å². The van der Waals surface area contributed by atoms with Gasteiger partial charge in [-0.1, -0.05) is 46.6 Å². The summed E-state index contributed by atoms with van der Waals surface area (Å²) in [4.78, 5) is 23.2. The lowest BCUT2D eigenvalue weighted by Gasteiger charge is -2.25. The third-order valence-electron chi connectivity index (χ3n) is 4.94. The highest BCUT2D eigenvalue weighted by Crippen LogP contribution is 2.38. The molecule has 2 aromatic rings. The van der Waals surface area contributed by atoms with Crippen LogP contribution in [-0.4, -0.2) is 41.7 Å². The van der Waals surface area contributed by atoms with E-state index < -0.39 is 0 Å². The second-order valence-corrected chi connectivity index (χ2v) is 8.99. The number of furan rings is 1. The van der Waals surface area contributed by atoms with Gasteiger partial charge in [0.25, 0.3) is 5.91 Å². The lowest BCUT2D eigenvalue weighted by molar-refractivity contribution is 0.0822. The molecular weight excluding hydrogens is 426 g/mol. The molecule has 8 nitrogen and oxygen atoms in total. The van der Waals surface area contributed by atoms with Crippen LogP contribution in [0.25, 0.3) is 0 Å². The standard InChI is InChI=1S/C23H33N5O3S/c1-8-15(17-12-9-13(2)31-17)26-21(27-32)20(24)25-16-11-10-14(23(3,4)5)18(19(16)29)22(30)28(6)7/h9-12,15,29,32H,8H2,1-7H3,(H2,24,25)(H,26,27)/t15-/m1/s1. The molecule has 174 valence electrons. The number of phenolic OH excluding ortho intramolecular Hbond substituents is 1. The molecule has 0 radical (unpaired) electrons. The van der Waals surface area contributed by atoms with Crippen molar-refractivity contribution in [2.45, 2.75) is 52.5 Å². The van der Waals surface area contributed by atoms with Crippen LogP contribution in [0.2, 0.25) is 0 Å². The zero-order valence-corrected chi connectivity index (χ0v) is 20.6. The predicted octanol–water partition coefficient (Wildman–Crippen LogP) is 4.27. The number of nitrogens with zero attached hydrogens (tertiary/aromatic N) is 3. The summed E-state index contributed by atoms with van der Waals surface area (Å²) >= 11 is 4.12. The Morgan fingerprint density at radius 2 is 1.94 bits per heavy atom. The Kier molecular flexibility index (Phi) is 8.01. The molecule has 0 aliphatic heterocycles. The number of aryl methyl sites for hydroxylation is 1. The van der Waals surface area contributed by atoms with Crippen molar-refractivity contribution in [3.63, 3.8) is 0 Å². The predicted molar refractivity (Wildman–Crippen MR) is 132 cm³/mol. The lowest BCUT2D eigenvalue weighted by atomic mass is 9.82. The molecule has 1 aromatic heterocycles. The average Bonchev–Trinajstić information content (AvgIpc) is 3.14. The monoisotopic (exact) mass is 459 g/mol. The van der Waals surface area contributed by atoms with Crippen LogP contribution in [-0.2, 0) is 5.41 Å². The van der Waals surface area contributed by atoms with Gasteiger partial charge in [0.1, 0.15) is 23.2 Å². The van der Waals surface area contributed by atoms with Crippen LogP contribution in [0.5, 0.6) is 5.75 Å². The maximum absolute atomic E-state index is 12.8. The fraction of sp³-hybridized carbons (Fsp3) is 0.435. The van der Waals surface area contributed by atoms with Crippen molar-refractivity contribution >= 4 is 36.1 Å². The van der Waals surface area contributed by atoms with Crippen LogP contribution in [0, 0.1) is 6.92 Å². The molecule has 1 amide bonds. The van der Waals surface area contributed by atoms with Crippen molar-refractivity contribution in [1.29, 1.82) is 0 Å². The molecule has 1 atom stereocenters. The van der Waals surface area contributed by atoms with Gasteiger partial charge in [0, 0.05) is 14.1 Å². The highest BCUT2D eigenvalue weighted by molar-refractivity contribution is 7.78. The summed E-state index contributed by atoms with van der Waals surface area (Å²) in [5.74, 6) is 1.19. The fourth-order valence-electron chi connectivity index (χ4n) is 3.21. The summed E-state index contributed by atoms with van der Waals surface area (Å²) in [7, 11) is 3.27. The van der Waals surface area contributed by atoms with Gasteiger partial charge >= 0.3 is 0 Å². The number of amidine groups is 2. The van der Waals surface area contributed by atoms with Crippen LogP contribution in [0.15, 0.2) is 38.7 Å². The number of phenols is 1. The Labute approximate surface area is 195 Å². The summed E-state index contributed by atoms with van der Waals surface area (Å²) in [5.41, 5.74) is 6.92. The summed E-state index contributed by atoms with van der Waals surface area (Å²) in [6, 6.07) is 6.88. The van der Waals surface area contributed by atoms with Gasteiger partial charge in [-0.2, -0.15) is 0 Å². The van der Waals surface area contributed by atoms with E-state index in [1.54, 1.807) is 26.2 Å². The topological polar surface area (TPSA) is 116 Å². The summed E-state index contributed by atoms with van der Waals surface area (Å²) in [6.07, 6.45) is 0.673. The number of rotatable bonds is 5. The first-order valence-corrected chi connectivity index (χ1v) is 10.8. The lowest BCUT2D eigenvalue weighted by Crippen LogP contribution is -2.32. The second-order valence-electron chi connectivity index (χ2n) is 8.76. The molecule has 0 spiro atoms. The Hall–Kier alpha value is -2.94. The van der Waals surface area contributed by atoms with Crippen LogP contribution < -0.4 is 10.5 Å². The number of nitrogens with two attached hydrogens (primary N) is 1. The second kappa shape index (κ2) is 10.1. The van der Waals surface area contributed by atoms with Crippen molar-refractivity contribution in [2.75, 3.05) is 14.1 Å². The highest BCUT2D eigenvalue weighted by Gasteiger charge is 2.27. The van der Waals surface area contributed by atoms with Gasteiger partial charge < -0.3 is 24.9 Å². The Morgan fingerprint density at radius 3 is 2.41 bits per heavy atom. The van der Waals surface area contributed by atoms with Crippen molar-refractivity contribution < 1.29 is 14.3 Å². The van der Waals surface area contributed by atoms with E-state index in [2.05, 4.69) is 27.5 Å². The Morgan fingerprint density at radius 1 is 1.28 bits per heavy atom. The normalized spacial score (nSPS) is 13.8. The number of hydrogen-bond acceptors (Lipinski definition) is 6. The van der Waals surface area contributed by atoms with Gasteiger partial charge in [-0.15, -0.1) is 0 Å². The summed E-state index contributed by atoms with van der Waals surface area (Å²) in [5, 5.41) is 11.0. The van der Waals surface area contributed by atoms with Crippen LogP contribution in [0.1, 0.15) is 67.6 Å². The molecular formula is C23H33N5O3S. The van der Waals surface area contributed by atoms with E-state index in [9.17, 15) is 9.90 Å². The maximum Gasteiger partial charge on any atom is 0.257 e. The van der Waals surface area contributed by atoms with Crippen molar-refractivity contribution in [3.8, 4) is 5.75 Å². The molecule has 0 fully saturated rings. The van der Waals surface area contributed by atoms with E-state index >= 15 is 0 Å². The average molecular weight is 460 g/mol. The molecule has 0 unspecified atom stereocenters. The van der Waals surface area contributed by atoms with Gasteiger partial charge in [-0.25, -0.2) is 4.99 Å². The molecule has 2 rings (SSSR count). The van der Waals surface area contributed by atoms with Gasteiger partial charge in [-0.05, 0) is 42.5 Å². The molecule has 0 bridgehead atoms. The number of aliphatic imine (C=N–C) groups is 2. The summed E-state index contributed by atoms with van der Waals surface area (Å²) < 4.78 is 8.35. The first kappa shape index (κ1) is 25.3.